The van der Waals surface area contributed by atoms with Gasteiger partial charge in [0.15, 0.2) is 0 Å². The van der Waals surface area contributed by atoms with Gasteiger partial charge in [-0.1, -0.05) is 51.1 Å². The maximum absolute atomic E-state index is 13.8. The first-order valence-electron chi connectivity index (χ1n) is 11.7. The van der Waals surface area contributed by atoms with Crippen LogP contribution in [0.4, 0.5) is 4.79 Å². The Kier molecular flexibility index (Phi) is 4.15. The van der Waals surface area contributed by atoms with Gasteiger partial charge >= 0.3 is 12.1 Å². The lowest BCUT2D eigenvalue weighted by Crippen LogP contribution is -2.75. The third-order valence-electron chi connectivity index (χ3n) is 7.97. The van der Waals surface area contributed by atoms with Gasteiger partial charge in [0, 0.05) is 11.8 Å². The summed E-state index contributed by atoms with van der Waals surface area (Å²) in [4.78, 5) is 43.4. The van der Waals surface area contributed by atoms with E-state index in [2.05, 4.69) is 0 Å². The van der Waals surface area contributed by atoms with Crippen LogP contribution in [-0.2, 0) is 19.1 Å². The Hall–Kier alpha value is -3.29. The van der Waals surface area contributed by atoms with Gasteiger partial charge in [0.25, 0.3) is 0 Å². The fourth-order valence-electron chi connectivity index (χ4n) is 6.74. The van der Waals surface area contributed by atoms with Crippen molar-refractivity contribution in [2.45, 2.75) is 50.9 Å². The van der Waals surface area contributed by atoms with Gasteiger partial charge in [-0.25, -0.2) is 9.59 Å². The second-order valence-corrected chi connectivity index (χ2v) is 10.9. The minimum atomic E-state index is -0.917. The van der Waals surface area contributed by atoms with Gasteiger partial charge in [-0.15, -0.1) is 0 Å². The van der Waals surface area contributed by atoms with E-state index in [9.17, 15) is 14.4 Å². The number of likely N-dealkylation sites (tertiary alicyclic amines) is 1. The number of nitrogens with zero attached hydrogens (tertiary/aromatic N) is 2. The van der Waals surface area contributed by atoms with E-state index in [1.165, 1.54) is 7.11 Å². The van der Waals surface area contributed by atoms with Crippen LogP contribution in [0.5, 0.6) is 0 Å². The van der Waals surface area contributed by atoms with E-state index in [-0.39, 0.29) is 35.8 Å². The van der Waals surface area contributed by atoms with Crippen LogP contribution in [0.1, 0.15) is 50.5 Å². The number of hydrogen-bond donors (Lipinski definition) is 0. The van der Waals surface area contributed by atoms with Crippen molar-refractivity contribution < 1.29 is 28.3 Å². The zero-order chi connectivity index (χ0) is 24.0. The molecule has 6 rings (SSSR count). The lowest BCUT2D eigenvalue weighted by molar-refractivity contribution is -0.190. The molecule has 8 nitrogen and oxygen atoms in total. The first-order valence-corrected chi connectivity index (χ1v) is 11.7. The van der Waals surface area contributed by atoms with E-state index in [1.54, 1.807) is 22.1 Å². The Bertz CT molecular complexity index is 1170. The summed E-state index contributed by atoms with van der Waals surface area (Å²) in [6.07, 6.45) is 1.55. The fourth-order valence-corrected chi connectivity index (χ4v) is 6.74. The Morgan fingerprint density at radius 2 is 1.91 bits per heavy atom. The normalized spacial score (nSPS) is 34.1. The van der Waals surface area contributed by atoms with Gasteiger partial charge in [0.05, 0.1) is 19.4 Å². The highest BCUT2D eigenvalue weighted by Crippen LogP contribution is 2.98. The van der Waals surface area contributed by atoms with E-state index in [0.29, 0.717) is 6.42 Å². The van der Waals surface area contributed by atoms with Crippen molar-refractivity contribution in [3.63, 3.8) is 0 Å². The SMILES string of the molecule is COC(=O)[C@H](CC(C)(C)C)N1C(=O)[C@@]23C(c4ccco4)[C@H]2[C@@]13N1C(=O)OC[C@H]1c1ccccc1. The van der Waals surface area contributed by atoms with Crippen LogP contribution in [0.15, 0.2) is 53.1 Å². The number of ether oxygens (including phenoxy) is 2. The third-order valence-corrected chi connectivity index (χ3v) is 7.97. The fraction of sp³-hybridized carbons (Fsp3) is 0.500. The lowest BCUT2D eigenvalue weighted by atomic mass is 9.78. The average molecular weight is 465 g/mol. The Labute approximate surface area is 197 Å². The standard InChI is InChI=1S/C26H28N2O6/c1-24(2,3)13-16(21(29)32-4)27-22(30)25-19(18-11-8-12-33-18)20(25)26(25,27)28-17(14-34-23(28)31)15-9-6-5-7-10-15/h5-12,16-17,19-20H,13-14H2,1-4H3/t16-,17-,19?,20+,25+,26-/m0/s1. The molecule has 2 aliphatic heterocycles. The molecule has 1 aromatic carbocycles. The van der Waals surface area contributed by atoms with Crippen molar-refractivity contribution in [3.8, 4) is 0 Å². The molecule has 2 amide bonds. The zero-order valence-corrected chi connectivity index (χ0v) is 19.7. The highest BCUT2D eigenvalue weighted by atomic mass is 16.6. The van der Waals surface area contributed by atoms with Gasteiger partial charge in [-0.05, 0) is 29.5 Å². The summed E-state index contributed by atoms with van der Waals surface area (Å²) in [5.74, 6) is -0.109. The quantitative estimate of drug-likeness (QED) is 0.478. The second kappa shape index (κ2) is 6.64. The summed E-state index contributed by atoms with van der Waals surface area (Å²) in [6, 6.07) is 12.2. The molecule has 2 aromatic rings. The smallest absolute Gasteiger partial charge is 0.412 e. The first-order chi connectivity index (χ1) is 16.2. The molecule has 0 bridgehead atoms. The summed E-state index contributed by atoms with van der Waals surface area (Å²) in [5.41, 5.74) is -0.999. The molecule has 6 atom stereocenters. The molecule has 4 aliphatic rings. The molecule has 2 aliphatic carbocycles. The molecule has 2 saturated heterocycles. The molecular formula is C26H28N2O6. The largest absolute Gasteiger partial charge is 0.469 e. The van der Waals surface area contributed by atoms with Crippen LogP contribution < -0.4 is 0 Å². The Balaban J connectivity index is 1.45. The van der Waals surface area contributed by atoms with E-state index >= 15 is 0 Å². The Morgan fingerprint density at radius 3 is 2.50 bits per heavy atom. The number of piperidine rings is 1. The summed E-state index contributed by atoms with van der Waals surface area (Å²) in [5, 5.41) is 0. The topological polar surface area (TPSA) is 89.3 Å². The van der Waals surface area contributed by atoms with E-state index < -0.39 is 29.2 Å². The number of cyclic esters (lactones) is 1. The summed E-state index contributed by atoms with van der Waals surface area (Å²) < 4.78 is 16.3. The third kappa shape index (κ3) is 2.36. The zero-order valence-electron chi connectivity index (χ0n) is 19.7. The maximum atomic E-state index is 13.8. The van der Waals surface area contributed by atoms with Crippen LogP contribution in [0.2, 0.25) is 0 Å². The monoisotopic (exact) mass is 464 g/mol. The van der Waals surface area contributed by atoms with E-state index in [1.807, 2.05) is 57.2 Å². The van der Waals surface area contributed by atoms with Crippen molar-refractivity contribution in [3.05, 3.63) is 60.1 Å². The van der Waals surface area contributed by atoms with Crippen molar-refractivity contribution in [1.29, 1.82) is 0 Å². The number of amides is 2. The number of hydrogen-bond acceptors (Lipinski definition) is 6. The average Bonchev–Trinajstić information content (AvgIpc) is 3.39. The van der Waals surface area contributed by atoms with E-state index in [0.717, 1.165) is 11.3 Å². The minimum absolute atomic E-state index is 0.107. The number of fused-ring (bicyclic) bond motifs is 1. The summed E-state index contributed by atoms with van der Waals surface area (Å²) in [6.45, 7) is 6.26. The first kappa shape index (κ1) is 21.3. The maximum Gasteiger partial charge on any atom is 0.412 e. The number of furan rings is 1. The van der Waals surface area contributed by atoms with Gasteiger partial charge in [0.1, 0.15) is 29.5 Å². The highest BCUT2D eigenvalue weighted by Gasteiger charge is 3.12. The van der Waals surface area contributed by atoms with Gasteiger partial charge in [0.2, 0.25) is 5.91 Å². The number of methoxy groups -OCH3 is 1. The van der Waals surface area contributed by atoms with Crippen molar-refractivity contribution >= 4 is 18.0 Å². The number of β-lactam (4-membered cyclic amide) rings is 1. The minimum Gasteiger partial charge on any atom is -0.469 e. The highest BCUT2D eigenvalue weighted by molar-refractivity contribution is 6.09. The molecular weight excluding hydrogens is 436 g/mol. The number of carbonyl (C=O) groups is 3. The summed E-state index contributed by atoms with van der Waals surface area (Å²) >= 11 is 0. The molecule has 1 spiro atoms. The van der Waals surface area contributed by atoms with Crippen molar-refractivity contribution in [2.24, 2.45) is 16.7 Å². The molecule has 4 fully saturated rings. The molecule has 1 unspecified atom stereocenters. The number of carbonyl (C=O) groups excluding carboxylic acids is 3. The number of esters is 1. The van der Waals surface area contributed by atoms with Gasteiger partial charge < -0.3 is 18.8 Å². The predicted octanol–water partition coefficient (Wildman–Crippen LogP) is 3.70. The van der Waals surface area contributed by atoms with Crippen LogP contribution in [0.25, 0.3) is 0 Å². The van der Waals surface area contributed by atoms with Crippen LogP contribution in [0.3, 0.4) is 0 Å². The lowest BCUT2D eigenvalue weighted by Gasteiger charge is -2.56. The molecule has 1 aromatic heterocycles. The molecule has 0 radical (unpaired) electrons. The Morgan fingerprint density at radius 1 is 1.18 bits per heavy atom. The van der Waals surface area contributed by atoms with Crippen molar-refractivity contribution in [2.75, 3.05) is 13.7 Å². The molecule has 2 saturated carbocycles. The molecule has 3 heterocycles. The number of benzene rings is 1. The predicted molar refractivity (Wildman–Crippen MR) is 119 cm³/mol. The van der Waals surface area contributed by atoms with Crippen LogP contribution in [0, 0.1) is 16.7 Å². The van der Waals surface area contributed by atoms with Crippen LogP contribution >= 0.6 is 0 Å². The molecule has 8 heteroatoms. The summed E-state index contributed by atoms with van der Waals surface area (Å²) in [7, 11) is 1.33. The van der Waals surface area contributed by atoms with Gasteiger partial charge in [-0.2, -0.15) is 0 Å². The van der Waals surface area contributed by atoms with E-state index in [4.69, 9.17) is 13.9 Å². The molecule has 178 valence electrons. The number of rotatable bonds is 6. The molecule has 0 N–H and O–H groups in total. The second-order valence-electron chi connectivity index (χ2n) is 10.9. The molecule has 34 heavy (non-hydrogen) atoms. The van der Waals surface area contributed by atoms with Crippen molar-refractivity contribution in [1.82, 2.24) is 9.80 Å². The van der Waals surface area contributed by atoms with Crippen LogP contribution in [-0.4, -0.2) is 53.2 Å². The van der Waals surface area contributed by atoms with Gasteiger partial charge in [-0.3, -0.25) is 9.69 Å².